The third kappa shape index (κ3) is 5.71. The van der Waals surface area contributed by atoms with Crippen molar-refractivity contribution in [2.75, 3.05) is 11.9 Å². The van der Waals surface area contributed by atoms with E-state index < -0.39 is 0 Å². The van der Waals surface area contributed by atoms with Crippen LogP contribution in [0.5, 0.6) is 0 Å². The average molecular weight is 267 g/mol. The molecule has 4 heteroatoms. The molecular formula is C14H25N3S. The van der Waals surface area contributed by atoms with Gasteiger partial charge in [0.05, 0.1) is 0 Å². The standard InChI is InChI=1S/C14H25N3S/c1-6-8-11-16-12(15-9-7-2)10-13(17-11)18-14(3,4)5/h10H,6-9H2,1-5H3,(H,15,16,17). The summed E-state index contributed by atoms with van der Waals surface area (Å²) in [6.07, 6.45) is 3.13. The predicted octanol–water partition coefficient (Wildman–Crippen LogP) is 4.14. The Morgan fingerprint density at radius 1 is 1.17 bits per heavy atom. The smallest absolute Gasteiger partial charge is 0.132 e. The lowest BCUT2D eigenvalue weighted by Crippen LogP contribution is -2.10. The Labute approximate surface area is 115 Å². The number of hydrogen-bond acceptors (Lipinski definition) is 4. The van der Waals surface area contributed by atoms with Crippen molar-refractivity contribution in [3.63, 3.8) is 0 Å². The number of hydrogen-bond donors (Lipinski definition) is 1. The van der Waals surface area contributed by atoms with Gasteiger partial charge in [-0.1, -0.05) is 34.6 Å². The van der Waals surface area contributed by atoms with E-state index in [9.17, 15) is 0 Å². The van der Waals surface area contributed by atoms with E-state index in [2.05, 4.69) is 56.0 Å². The highest BCUT2D eigenvalue weighted by Gasteiger charge is 2.14. The normalized spacial score (nSPS) is 11.6. The van der Waals surface area contributed by atoms with Gasteiger partial charge in [0, 0.05) is 23.8 Å². The molecular weight excluding hydrogens is 242 g/mol. The number of anilines is 1. The minimum Gasteiger partial charge on any atom is -0.370 e. The lowest BCUT2D eigenvalue weighted by Gasteiger charge is -2.18. The van der Waals surface area contributed by atoms with Gasteiger partial charge in [-0.05, 0) is 12.8 Å². The van der Waals surface area contributed by atoms with E-state index in [1.54, 1.807) is 11.8 Å². The largest absolute Gasteiger partial charge is 0.370 e. The van der Waals surface area contributed by atoms with Gasteiger partial charge in [0.2, 0.25) is 0 Å². The Morgan fingerprint density at radius 2 is 1.89 bits per heavy atom. The van der Waals surface area contributed by atoms with Crippen molar-refractivity contribution in [2.24, 2.45) is 0 Å². The fourth-order valence-corrected chi connectivity index (χ4v) is 2.47. The molecule has 0 aliphatic carbocycles. The quantitative estimate of drug-likeness (QED) is 0.621. The predicted molar refractivity (Wildman–Crippen MR) is 80.4 cm³/mol. The van der Waals surface area contributed by atoms with Gasteiger partial charge in [-0.2, -0.15) is 0 Å². The van der Waals surface area contributed by atoms with Crippen LogP contribution in [0, 0.1) is 0 Å². The molecule has 0 atom stereocenters. The zero-order valence-electron chi connectivity index (χ0n) is 12.2. The molecule has 0 unspecified atom stereocenters. The van der Waals surface area contributed by atoms with Gasteiger partial charge in [0.15, 0.2) is 0 Å². The number of nitrogens with zero attached hydrogens (tertiary/aromatic N) is 2. The summed E-state index contributed by atoms with van der Waals surface area (Å²) in [5.74, 6) is 1.91. The third-order valence-corrected chi connectivity index (χ3v) is 3.22. The number of aryl methyl sites for hydroxylation is 1. The Bertz CT molecular complexity index is 372. The van der Waals surface area contributed by atoms with Crippen molar-refractivity contribution in [1.82, 2.24) is 9.97 Å². The van der Waals surface area contributed by atoms with Gasteiger partial charge >= 0.3 is 0 Å². The summed E-state index contributed by atoms with van der Waals surface area (Å²) in [4.78, 5) is 9.18. The molecule has 0 bridgehead atoms. The topological polar surface area (TPSA) is 37.8 Å². The second kappa shape index (κ2) is 6.98. The molecule has 0 aromatic carbocycles. The minimum absolute atomic E-state index is 0.180. The van der Waals surface area contributed by atoms with Crippen LogP contribution in [0.2, 0.25) is 0 Å². The molecule has 0 radical (unpaired) electrons. The molecule has 0 saturated carbocycles. The molecule has 1 heterocycles. The summed E-state index contributed by atoms with van der Waals surface area (Å²) >= 11 is 1.80. The molecule has 1 aromatic heterocycles. The van der Waals surface area contributed by atoms with Crippen molar-refractivity contribution in [3.05, 3.63) is 11.9 Å². The van der Waals surface area contributed by atoms with Gasteiger partial charge in [0.25, 0.3) is 0 Å². The van der Waals surface area contributed by atoms with Crippen molar-refractivity contribution in [2.45, 2.75) is 63.7 Å². The van der Waals surface area contributed by atoms with Gasteiger partial charge in [-0.15, -0.1) is 11.8 Å². The highest BCUT2D eigenvalue weighted by Crippen LogP contribution is 2.31. The van der Waals surface area contributed by atoms with E-state index in [1.807, 2.05) is 0 Å². The van der Waals surface area contributed by atoms with Crippen molar-refractivity contribution < 1.29 is 0 Å². The van der Waals surface area contributed by atoms with Crippen LogP contribution < -0.4 is 5.32 Å². The second-order valence-electron chi connectivity index (χ2n) is 5.40. The molecule has 0 saturated heterocycles. The number of aromatic nitrogens is 2. The molecule has 0 aliphatic rings. The number of rotatable bonds is 6. The van der Waals surface area contributed by atoms with Crippen LogP contribution in [-0.4, -0.2) is 21.3 Å². The summed E-state index contributed by atoms with van der Waals surface area (Å²) in [5, 5.41) is 4.42. The number of nitrogens with one attached hydrogen (secondary N) is 1. The van der Waals surface area contributed by atoms with Crippen LogP contribution in [0.4, 0.5) is 5.82 Å². The van der Waals surface area contributed by atoms with Gasteiger partial charge < -0.3 is 5.32 Å². The Morgan fingerprint density at radius 3 is 2.44 bits per heavy atom. The maximum Gasteiger partial charge on any atom is 0.132 e. The van der Waals surface area contributed by atoms with E-state index in [-0.39, 0.29) is 4.75 Å². The van der Waals surface area contributed by atoms with Crippen LogP contribution in [0.25, 0.3) is 0 Å². The Balaban J connectivity index is 2.90. The minimum atomic E-state index is 0.180. The number of thioether (sulfide) groups is 1. The molecule has 102 valence electrons. The molecule has 1 rings (SSSR count). The maximum absolute atomic E-state index is 4.63. The van der Waals surface area contributed by atoms with E-state index in [0.29, 0.717) is 0 Å². The molecule has 1 aromatic rings. The first-order chi connectivity index (χ1) is 8.44. The molecule has 18 heavy (non-hydrogen) atoms. The van der Waals surface area contributed by atoms with Crippen molar-refractivity contribution in [1.29, 1.82) is 0 Å². The van der Waals surface area contributed by atoms with E-state index in [4.69, 9.17) is 0 Å². The lowest BCUT2D eigenvalue weighted by molar-refractivity contribution is 0.783. The Hall–Kier alpha value is -0.770. The van der Waals surface area contributed by atoms with E-state index in [1.165, 1.54) is 0 Å². The first-order valence-corrected chi connectivity index (χ1v) is 7.57. The van der Waals surface area contributed by atoms with Crippen LogP contribution in [0.3, 0.4) is 0 Å². The van der Waals surface area contributed by atoms with Gasteiger partial charge in [-0.3, -0.25) is 0 Å². The fourth-order valence-electron chi connectivity index (χ4n) is 1.52. The zero-order valence-corrected chi connectivity index (χ0v) is 13.0. The molecule has 0 amide bonds. The first kappa shape index (κ1) is 15.3. The Kier molecular flexibility index (Phi) is 5.93. The average Bonchev–Trinajstić information content (AvgIpc) is 2.24. The monoisotopic (exact) mass is 267 g/mol. The molecule has 3 nitrogen and oxygen atoms in total. The van der Waals surface area contributed by atoms with Crippen LogP contribution in [-0.2, 0) is 6.42 Å². The molecule has 0 aliphatic heterocycles. The fraction of sp³-hybridized carbons (Fsp3) is 0.714. The third-order valence-electron chi connectivity index (χ3n) is 2.19. The molecule has 1 N–H and O–H groups in total. The summed E-state index contributed by atoms with van der Waals surface area (Å²) in [6, 6.07) is 2.06. The maximum atomic E-state index is 4.63. The van der Waals surface area contributed by atoms with Gasteiger partial charge in [-0.25, -0.2) is 9.97 Å². The summed E-state index contributed by atoms with van der Waals surface area (Å²) in [5.41, 5.74) is 0. The summed E-state index contributed by atoms with van der Waals surface area (Å²) in [6.45, 7) is 11.9. The highest BCUT2D eigenvalue weighted by atomic mass is 32.2. The van der Waals surface area contributed by atoms with E-state index in [0.717, 1.165) is 42.5 Å². The molecule has 0 fully saturated rings. The first-order valence-electron chi connectivity index (χ1n) is 6.75. The van der Waals surface area contributed by atoms with Crippen LogP contribution in [0.15, 0.2) is 11.1 Å². The van der Waals surface area contributed by atoms with E-state index >= 15 is 0 Å². The molecule has 0 spiro atoms. The zero-order chi connectivity index (χ0) is 13.6. The summed E-state index contributed by atoms with van der Waals surface area (Å²) < 4.78 is 0.180. The van der Waals surface area contributed by atoms with Crippen molar-refractivity contribution >= 4 is 17.6 Å². The van der Waals surface area contributed by atoms with Crippen molar-refractivity contribution in [3.8, 4) is 0 Å². The highest BCUT2D eigenvalue weighted by molar-refractivity contribution is 8.00. The lowest BCUT2D eigenvalue weighted by atomic mass is 10.3. The van der Waals surface area contributed by atoms with Gasteiger partial charge in [0.1, 0.15) is 16.7 Å². The summed E-state index contributed by atoms with van der Waals surface area (Å²) in [7, 11) is 0. The van der Waals surface area contributed by atoms with Crippen LogP contribution in [0.1, 0.15) is 53.3 Å². The SMILES string of the molecule is CCCNc1cc(SC(C)(C)C)nc(CCC)n1. The second-order valence-corrected chi connectivity index (χ2v) is 7.25. The van der Waals surface area contributed by atoms with Crippen LogP contribution >= 0.6 is 11.8 Å².